The van der Waals surface area contributed by atoms with Gasteiger partial charge in [-0.25, -0.2) is 8.78 Å². The number of benzene rings is 1. The minimum absolute atomic E-state index is 0.0936. The van der Waals surface area contributed by atoms with Crippen molar-refractivity contribution in [1.29, 1.82) is 0 Å². The van der Waals surface area contributed by atoms with E-state index in [1.807, 2.05) is 0 Å². The number of hydrogen-bond donors (Lipinski definition) is 2. The molecule has 0 saturated carbocycles. The molecule has 0 unspecified atom stereocenters. The molecule has 0 fully saturated rings. The lowest BCUT2D eigenvalue weighted by atomic mass is 10.0. The molecule has 1 aromatic rings. The highest BCUT2D eigenvalue weighted by Crippen LogP contribution is 2.29. The van der Waals surface area contributed by atoms with E-state index in [0.29, 0.717) is 5.75 Å². The van der Waals surface area contributed by atoms with Crippen LogP contribution in [0.1, 0.15) is 18.0 Å². The summed E-state index contributed by atoms with van der Waals surface area (Å²) < 4.78 is 29.1. The van der Waals surface area contributed by atoms with Crippen LogP contribution in [0.3, 0.4) is 0 Å². The Bertz CT molecular complexity index is 331. The van der Waals surface area contributed by atoms with Gasteiger partial charge >= 0.3 is 0 Å². The first-order valence-corrected chi connectivity index (χ1v) is 4.45. The zero-order valence-electron chi connectivity index (χ0n) is 8.28. The van der Waals surface area contributed by atoms with Crippen molar-refractivity contribution in [2.45, 2.75) is 18.9 Å². The van der Waals surface area contributed by atoms with Crippen molar-refractivity contribution in [1.82, 2.24) is 0 Å². The normalized spacial score (nSPS) is 12.9. The quantitative estimate of drug-likeness (QED) is 0.811. The van der Waals surface area contributed by atoms with Crippen LogP contribution in [-0.4, -0.2) is 18.6 Å². The number of methoxy groups -OCH3 is 1. The van der Waals surface area contributed by atoms with Crippen molar-refractivity contribution in [2.24, 2.45) is 5.73 Å². The molecule has 5 heteroatoms. The fourth-order valence-electron chi connectivity index (χ4n) is 1.28. The highest BCUT2D eigenvalue weighted by atomic mass is 19.3. The fourth-order valence-corrected chi connectivity index (χ4v) is 1.28. The third-order valence-electron chi connectivity index (χ3n) is 2.07. The average molecular weight is 217 g/mol. The number of hydrogen-bond acceptors (Lipinski definition) is 3. The summed E-state index contributed by atoms with van der Waals surface area (Å²) in [5.74, 6) is 0.386. The van der Waals surface area contributed by atoms with Crippen LogP contribution < -0.4 is 10.5 Å². The van der Waals surface area contributed by atoms with Crippen LogP contribution in [0, 0.1) is 0 Å². The summed E-state index contributed by atoms with van der Waals surface area (Å²) in [5.41, 5.74) is 5.80. The minimum atomic E-state index is -2.49. The van der Waals surface area contributed by atoms with Crippen molar-refractivity contribution in [3.05, 3.63) is 23.8 Å². The van der Waals surface area contributed by atoms with Crippen LogP contribution in [0.25, 0.3) is 0 Å². The van der Waals surface area contributed by atoms with E-state index in [9.17, 15) is 13.9 Å². The summed E-state index contributed by atoms with van der Waals surface area (Å²) in [6.45, 7) is 0. The Morgan fingerprint density at radius 2 is 2.13 bits per heavy atom. The van der Waals surface area contributed by atoms with E-state index < -0.39 is 18.9 Å². The molecule has 15 heavy (non-hydrogen) atoms. The number of ether oxygens (including phenoxy) is 1. The molecule has 84 valence electrons. The number of nitrogens with two attached hydrogens (primary N) is 1. The highest BCUT2D eigenvalue weighted by Gasteiger charge is 2.16. The second kappa shape index (κ2) is 4.93. The highest BCUT2D eigenvalue weighted by molar-refractivity contribution is 5.41. The molecule has 0 aromatic heterocycles. The Balaban J connectivity index is 2.91. The lowest BCUT2D eigenvalue weighted by Crippen LogP contribution is -2.14. The van der Waals surface area contributed by atoms with E-state index >= 15 is 0 Å². The molecule has 3 nitrogen and oxygen atoms in total. The van der Waals surface area contributed by atoms with Gasteiger partial charge in [-0.1, -0.05) is 0 Å². The van der Waals surface area contributed by atoms with Crippen LogP contribution in [-0.2, 0) is 0 Å². The first-order valence-electron chi connectivity index (χ1n) is 4.45. The molecule has 0 aliphatic heterocycles. The van der Waals surface area contributed by atoms with Crippen LogP contribution in [0.15, 0.2) is 18.2 Å². The maximum absolute atomic E-state index is 12.1. The van der Waals surface area contributed by atoms with E-state index in [-0.39, 0.29) is 11.3 Å². The van der Waals surface area contributed by atoms with Gasteiger partial charge in [0.05, 0.1) is 7.11 Å². The molecule has 3 N–H and O–H groups in total. The van der Waals surface area contributed by atoms with E-state index in [4.69, 9.17) is 10.5 Å². The number of phenols is 1. The molecule has 0 radical (unpaired) electrons. The molecule has 0 aliphatic carbocycles. The van der Waals surface area contributed by atoms with Crippen molar-refractivity contribution in [2.75, 3.05) is 7.11 Å². The fraction of sp³-hybridized carbons (Fsp3) is 0.400. The van der Waals surface area contributed by atoms with E-state index in [0.717, 1.165) is 0 Å². The number of phenolic OH excluding ortho intramolecular Hbond substituents is 1. The first-order chi connectivity index (χ1) is 7.04. The van der Waals surface area contributed by atoms with Crippen molar-refractivity contribution in [3.63, 3.8) is 0 Å². The lowest BCUT2D eigenvalue weighted by molar-refractivity contribution is 0.128. The SMILES string of the molecule is COc1ccc(O)c([C@@H](N)CC(F)F)c1. The molecular formula is C10H13F2NO2. The summed E-state index contributed by atoms with van der Waals surface area (Å²) in [7, 11) is 1.45. The van der Waals surface area contributed by atoms with Crippen molar-refractivity contribution in [3.8, 4) is 11.5 Å². The summed E-state index contributed by atoms with van der Waals surface area (Å²) >= 11 is 0. The Kier molecular flexibility index (Phi) is 3.85. The second-order valence-corrected chi connectivity index (χ2v) is 3.16. The first kappa shape index (κ1) is 11.7. The molecule has 0 spiro atoms. The monoisotopic (exact) mass is 217 g/mol. The van der Waals surface area contributed by atoms with Crippen LogP contribution >= 0.6 is 0 Å². The second-order valence-electron chi connectivity index (χ2n) is 3.16. The number of halogens is 2. The maximum Gasteiger partial charge on any atom is 0.240 e. The smallest absolute Gasteiger partial charge is 0.240 e. The molecule has 0 aliphatic rings. The third-order valence-corrected chi connectivity index (χ3v) is 2.07. The van der Waals surface area contributed by atoms with Gasteiger partial charge in [-0.15, -0.1) is 0 Å². The van der Waals surface area contributed by atoms with Gasteiger partial charge < -0.3 is 15.6 Å². The summed E-state index contributed by atoms with van der Waals surface area (Å²) in [4.78, 5) is 0. The minimum Gasteiger partial charge on any atom is -0.508 e. The molecule has 0 saturated heterocycles. The maximum atomic E-state index is 12.1. The van der Waals surface area contributed by atoms with Gasteiger partial charge in [0.2, 0.25) is 6.43 Å². The number of rotatable bonds is 4. The topological polar surface area (TPSA) is 55.5 Å². The summed E-state index contributed by atoms with van der Waals surface area (Å²) in [6.07, 6.45) is -2.98. The Labute approximate surface area is 86.5 Å². The molecule has 0 heterocycles. The number of alkyl halides is 2. The average Bonchev–Trinajstić information content (AvgIpc) is 2.17. The van der Waals surface area contributed by atoms with Crippen molar-refractivity contribution < 1.29 is 18.6 Å². The van der Waals surface area contributed by atoms with Gasteiger partial charge in [-0.3, -0.25) is 0 Å². The van der Waals surface area contributed by atoms with Gasteiger partial charge in [0.1, 0.15) is 11.5 Å². The van der Waals surface area contributed by atoms with E-state index in [2.05, 4.69) is 0 Å². The van der Waals surface area contributed by atoms with Crippen LogP contribution in [0.5, 0.6) is 11.5 Å². The molecular weight excluding hydrogens is 204 g/mol. The van der Waals surface area contributed by atoms with Gasteiger partial charge in [0, 0.05) is 18.0 Å². The predicted molar refractivity (Wildman–Crippen MR) is 52.2 cm³/mol. The van der Waals surface area contributed by atoms with Gasteiger partial charge in [0.25, 0.3) is 0 Å². The molecule has 1 rings (SSSR count). The van der Waals surface area contributed by atoms with Gasteiger partial charge in [0.15, 0.2) is 0 Å². The third kappa shape index (κ3) is 3.06. The number of aromatic hydroxyl groups is 1. The lowest BCUT2D eigenvalue weighted by Gasteiger charge is -2.14. The largest absolute Gasteiger partial charge is 0.508 e. The standard InChI is InChI=1S/C10H13F2NO2/c1-15-6-2-3-9(14)7(4-6)8(13)5-10(11)12/h2-4,8,10,14H,5,13H2,1H3/t8-/m0/s1. The van der Waals surface area contributed by atoms with Gasteiger partial charge in [-0.05, 0) is 18.2 Å². The Hall–Kier alpha value is -1.36. The molecule has 0 bridgehead atoms. The molecule has 1 aromatic carbocycles. The molecule has 1 atom stereocenters. The van der Waals surface area contributed by atoms with E-state index in [1.165, 1.54) is 25.3 Å². The summed E-state index contributed by atoms with van der Waals surface area (Å²) in [6, 6.07) is 3.48. The van der Waals surface area contributed by atoms with Crippen molar-refractivity contribution >= 4 is 0 Å². The zero-order valence-corrected chi connectivity index (χ0v) is 8.28. The van der Waals surface area contributed by atoms with Gasteiger partial charge in [-0.2, -0.15) is 0 Å². The zero-order chi connectivity index (χ0) is 11.4. The molecule has 0 amide bonds. The Morgan fingerprint density at radius 3 is 2.67 bits per heavy atom. The Morgan fingerprint density at radius 1 is 1.47 bits per heavy atom. The van der Waals surface area contributed by atoms with E-state index in [1.54, 1.807) is 0 Å². The van der Waals surface area contributed by atoms with Crippen LogP contribution in [0.2, 0.25) is 0 Å². The van der Waals surface area contributed by atoms with Crippen LogP contribution in [0.4, 0.5) is 8.78 Å². The predicted octanol–water partition coefficient (Wildman–Crippen LogP) is 2.06. The summed E-state index contributed by atoms with van der Waals surface area (Å²) in [5, 5.41) is 9.43.